The molecule has 2 heteroatoms. The first-order chi connectivity index (χ1) is 3.84. The van der Waals surface area contributed by atoms with Crippen LogP contribution in [-0.2, 0) is 0 Å². The number of hydrogen-bond acceptors (Lipinski definition) is 1. The molecule has 0 bridgehead atoms. The topological polar surface area (TPSA) is 26.1 Å². The van der Waals surface area contributed by atoms with Crippen LogP contribution in [0.5, 0.6) is 0 Å². The summed E-state index contributed by atoms with van der Waals surface area (Å²) in [5, 5.41) is 7.27. The van der Waals surface area contributed by atoms with Crippen LogP contribution < -0.4 is 10.6 Å². The average molecular weight is 111 g/mol. The van der Waals surface area contributed by atoms with Gasteiger partial charge in [-0.15, -0.1) is 0 Å². The first-order valence-electron chi connectivity index (χ1n) is 2.83. The van der Waals surface area contributed by atoms with Crippen LogP contribution in [0.1, 0.15) is 0 Å². The van der Waals surface area contributed by atoms with Crippen LogP contribution in [0.4, 0.5) is 0 Å². The molecule has 1 fully saturated rings. The molecule has 45 valence electrons. The van der Waals surface area contributed by atoms with Gasteiger partial charge in [-0.05, 0) is 12.6 Å². The Morgan fingerprint density at radius 1 is 1.88 bits per heavy atom. The molecule has 1 heterocycles. The van der Waals surface area contributed by atoms with Gasteiger partial charge in [0.15, 0.2) is 0 Å². The van der Waals surface area contributed by atoms with E-state index in [4.69, 9.17) is 0 Å². The molecule has 1 aliphatic heterocycles. The van der Waals surface area contributed by atoms with Crippen molar-refractivity contribution in [1.29, 1.82) is 0 Å². The highest BCUT2D eigenvalue weighted by Crippen LogP contribution is 2.03. The monoisotopic (exact) mass is 111 g/mol. The van der Waals surface area contributed by atoms with Crippen molar-refractivity contribution in [2.45, 2.75) is 6.04 Å². The minimum absolute atomic E-state index is 0.454. The molecule has 0 amide bonds. The molecule has 0 aromatic rings. The molecular formula is C6H11N2. The summed E-state index contributed by atoms with van der Waals surface area (Å²) in [6.07, 6.45) is 0. The van der Waals surface area contributed by atoms with Gasteiger partial charge in [-0.25, -0.2) is 5.32 Å². The largest absolute Gasteiger partial charge is 0.312 e. The van der Waals surface area contributed by atoms with Crippen molar-refractivity contribution < 1.29 is 0 Å². The molecule has 0 aliphatic carbocycles. The Kier molecular flexibility index (Phi) is 1.65. The number of nitrogens with one attached hydrogen (secondary N) is 1. The Labute approximate surface area is 50.0 Å². The summed E-state index contributed by atoms with van der Waals surface area (Å²) < 4.78 is 0. The lowest BCUT2D eigenvalue weighted by Crippen LogP contribution is -2.26. The first-order valence-corrected chi connectivity index (χ1v) is 2.83. The van der Waals surface area contributed by atoms with Gasteiger partial charge in [0.25, 0.3) is 0 Å². The molecule has 1 unspecified atom stereocenters. The zero-order valence-electron chi connectivity index (χ0n) is 5.15. The fourth-order valence-corrected chi connectivity index (χ4v) is 0.872. The zero-order chi connectivity index (χ0) is 5.98. The van der Waals surface area contributed by atoms with Crippen LogP contribution in [0.15, 0.2) is 12.2 Å². The molecule has 1 radical (unpaired) electrons. The Balaban J connectivity index is 2.42. The number of nitrogens with zero attached hydrogens (tertiary/aromatic N) is 1. The molecule has 8 heavy (non-hydrogen) atoms. The van der Waals surface area contributed by atoms with Gasteiger partial charge >= 0.3 is 0 Å². The average Bonchev–Trinajstić information content (AvgIpc) is 2.14. The number of rotatable bonds is 1. The summed E-state index contributed by atoms with van der Waals surface area (Å²) in [6, 6.07) is 0.454. The highest BCUT2D eigenvalue weighted by Gasteiger charge is 2.16. The van der Waals surface area contributed by atoms with Crippen LogP contribution >= 0.6 is 0 Å². The minimum Gasteiger partial charge on any atom is -0.312 e. The lowest BCUT2D eigenvalue weighted by atomic mass is 10.2. The van der Waals surface area contributed by atoms with Gasteiger partial charge < -0.3 is 5.32 Å². The van der Waals surface area contributed by atoms with Gasteiger partial charge in [-0.1, -0.05) is 6.58 Å². The fraction of sp³-hybridized carbons (Fsp3) is 0.667. The highest BCUT2D eigenvalue weighted by molar-refractivity contribution is 5.12. The summed E-state index contributed by atoms with van der Waals surface area (Å²) in [5.74, 6) is 0. The van der Waals surface area contributed by atoms with Crippen LogP contribution in [0.2, 0.25) is 0 Å². The van der Waals surface area contributed by atoms with E-state index in [0.717, 1.165) is 13.1 Å². The van der Waals surface area contributed by atoms with Crippen molar-refractivity contribution >= 4 is 0 Å². The molecule has 0 spiro atoms. The second kappa shape index (κ2) is 2.29. The molecule has 0 aromatic heterocycles. The summed E-state index contributed by atoms with van der Waals surface area (Å²) in [6.45, 7) is 5.61. The molecule has 0 saturated carbocycles. The first kappa shape index (κ1) is 5.79. The van der Waals surface area contributed by atoms with Crippen molar-refractivity contribution in [3.8, 4) is 0 Å². The predicted octanol–water partition coefficient (Wildman–Crippen LogP) is -0.251. The second-order valence-electron chi connectivity index (χ2n) is 2.06. The van der Waals surface area contributed by atoms with E-state index in [1.165, 1.54) is 5.57 Å². The molecular weight excluding hydrogens is 100 g/mol. The van der Waals surface area contributed by atoms with Crippen LogP contribution in [-0.4, -0.2) is 26.2 Å². The highest BCUT2D eigenvalue weighted by atomic mass is 15.0. The molecule has 0 aromatic carbocycles. The van der Waals surface area contributed by atoms with E-state index in [1.54, 1.807) is 0 Å². The number of likely N-dealkylation sites (N-methyl/N-ethyl adjacent to an activating group) is 1. The van der Waals surface area contributed by atoms with Gasteiger partial charge in [0, 0.05) is 19.1 Å². The summed E-state index contributed by atoms with van der Waals surface area (Å²) in [5.41, 5.74) is 1.22. The van der Waals surface area contributed by atoms with Crippen molar-refractivity contribution in [2.24, 2.45) is 0 Å². The van der Waals surface area contributed by atoms with Gasteiger partial charge in [-0.2, -0.15) is 0 Å². The van der Waals surface area contributed by atoms with Crippen molar-refractivity contribution in [3.63, 3.8) is 0 Å². The molecule has 1 atom stereocenters. The third-order valence-corrected chi connectivity index (χ3v) is 1.47. The summed E-state index contributed by atoms with van der Waals surface area (Å²) in [4.78, 5) is 0. The maximum atomic E-state index is 4.15. The minimum atomic E-state index is 0.454. The normalized spacial score (nSPS) is 29.1. The molecule has 1 N–H and O–H groups in total. The van der Waals surface area contributed by atoms with Crippen LogP contribution in [0.25, 0.3) is 0 Å². The van der Waals surface area contributed by atoms with Crippen molar-refractivity contribution in [2.75, 3.05) is 20.1 Å². The molecule has 1 rings (SSSR count). The Morgan fingerprint density at radius 3 is 2.88 bits per heavy atom. The van der Waals surface area contributed by atoms with E-state index in [9.17, 15) is 0 Å². The van der Waals surface area contributed by atoms with Gasteiger partial charge in [0.2, 0.25) is 0 Å². The standard InChI is InChI=1S/C6H11N2/c1-5-3-8-4-6(5)7-2/h6-7H,1,3-4H2,2H3. The lowest BCUT2D eigenvalue weighted by molar-refractivity contribution is 0.664. The van der Waals surface area contributed by atoms with E-state index >= 15 is 0 Å². The number of hydrogen-bond donors (Lipinski definition) is 1. The quantitative estimate of drug-likeness (QED) is 0.464. The zero-order valence-corrected chi connectivity index (χ0v) is 5.15. The van der Waals surface area contributed by atoms with E-state index in [-0.39, 0.29) is 0 Å². The van der Waals surface area contributed by atoms with E-state index < -0.39 is 0 Å². The van der Waals surface area contributed by atoms with Crippen LogP contribution in [0.3, 0.4) is 0 Å². The third kappa shape index (κ3) is 0.904. The van der Waals surface area contributed by atoms with Gasteiger partial charge in [0.1, 0.15) is 0 Å². The molecule has 1 aliphatic rings. The maximum Gasteiger partial charge on any atom is 0.0430 e. The second-order valence-corrected chi connectivity index (χ2v) is 2.06. The van der Waals surface area contributed by atoms with E-state index in [0.29, 0.717) is 6.04 Å². The SMILES string of the molecule is C=C1C[N]CC1NC. The fourth-order valence-electron chi connectivity index (χ4n) is 0.872. The predicted molar refractivity (Wildman–Crippen MR) is 33.9 cm³/mol. The lowest BCUT2D eigenvalue weighted by Gasteiger charge is -2.05. The Morgan fingerprint density at radius 2 is 2.62 bits per heavy atom. The Bertz CT molecular complexity index is 98.7. The molecule has 2 nitrogen and oxygen atoms in total. The van der Waals surface area contributed by atoms with Crippen LogP contribution in [0, 0.1) is 0 Å². The molecule has 1 saturated heterocycles. The smallest absolute Gasteiger partial charge is 0.0430 e. The Hall–Kier alpha value is -0.340. The van der Waals surface area contributed by atoms with Crippen molar-refractivity contribution in [1.82, 2.24) is 10.6 Å². The third-order valence-electron chi connectivity index (χ3n) is 1.47. The van der Waals surface area contributed by atoms with Gasteiger partial charge in [-0.3, -0.25) is 0 Å². The van der Waals surface area contributed by atoms with Gasteiger partial charge in [0.05, 0.1) is 0 Å². The van der Waals surface area contributed by atoms with Crippen molar-refractivity contribution in [3.05, 3.63) is 12.2 Å². The van der Waals surface area contributed by atoms with E-state index in [2.05, 4.69) is 17.2 Å². The van der Waals surface area contributed by atoms with E-state index in [1.807, 2.05) is 7.05 Å². The maximum absolute atomic E-state index is 4.15. The summed E-state index contributed by atoms with van der Waals surface area (Å²) in [7, 11) is 1.94. The summed E-state index contributed by atoms with van der Waals surface area (Å²) >= 11 is 0.